The molecule has 0 unspecified atom stereocenters. The monoisotopic (exact) mass is 205 g/mol. The number of ether oxygens (including phenoxy) is 1. The largest absolute Gasteiger partial charge is 0.468 e. The van der Waals surface area contributed by atoms with Gasteiger partial charge in [-0.3, -0.25) is 4.79 Å². The van der Waals surface area contributed by atoms with Crippen LogP contribution in [0.4, 0.5) is 5.69 Å². The SMILES string of the molecule is C=CCN(CC(=O)OC)c1ccccc1. The highest BCUT2D eigenvalue weighted by atomic mass is 16.5. The van der Waals surface area contributed by atoms with Crippen LogP contribution in [0.25, 0.3) is 0 Å². The van der Waals surface area contributed by atoms with Gasteiger partial charge in [-0.05, 0) is 12.1 Å². The summed E-state index contributed by atoms with van der Waals surface area (Å²) in [6.07, 6.45) is 1.76. The molecule has 1 aromatic rings. The second-order valence-corrected chi connectivity index (χ2v) is 3.08. The van der Waals surface area contributed by atoms with Crippen LogP contribution in [-0.4, -0.2) is 26.2 Å². The van der Waals surface area contributed by atoms with Gasteiger partial charge < -0.3 is 9.64 Å². The van der Waals surface area contributed by atoms with Crippen molar-refractivity contribution >= 4 is 11.7 Å². The van der Waals surface area contributed by atoms with E-state index in [0.29, 0.717) is 6.54 Å². The van der Waals surface area contributed by atoms with Crippen molar-refractivity contribution in [3.63, 3.8) is 0 Å². The van der Waals surface area contributed by atoms with E-state index in [1.165, 1.54) is 7.11 Å². The fourth-order valence-electron chi connectivity index (χ4n) is 1.28. The maximum Gasteiger partial charge on any atom is 0.325 e. The predicted molar refractivity (Wildman–Crippen MR) is 60.9 cm³/mol. The molecule has 15 heavy (non-hydrogen) atoms. The number of para-hydroxylation sites is 1. The Morgan fingerprint density at radius 1 is 1.47 bits per heavy atom. The molecule has 80 valence electrons. The summed E-state index contributed by atoms with van der Waals surface area (Å²) in [5.41, 5.74) is 0.989. The molecule has 0 aliphatic heterocycles. The Morgan fingerprint density at radius 3 is 2.67 bits per heavy atom. The van der Waals surface area contributed by atoms with Crippen molar-refractivity contribution in [1.82, 2.24) is 0 Å². The van der Waals surface area contributed by atoms with Gasteiger partial charge in [-0.1, -0.05) is 24.3 Å². The van der Waals surface area contributed by atoms with Crippen LogP contribution in [0, 0.1) is 0 Å². The third-order valence-electron chi connectivity index (χ3n) is 2.02. The molecule has 0 radical (unpaired) electrons. The molecule has 3 heteroatoms. The lowest BCUT2D eigenvalue weighted by Crippen LogP contribution is -2.30. The molecule has 0 aromatic heterocycles. The fourth-order valence-corrected chi connectivity index (χ4v) is 1.28. The van der Waals surface area contributed by atoms with Crippen LogP contribution in [0.5, 0.6) is 0 Å². The number of carbonyl (C=O) groups excluding carboxylic acids is 1. The van der Waals surface area contributed by atoms with Crippen molar-refractivity contribution in [3.05, 3.63) is 43.0 Å². The molecule has 0 heterocycles. The summed E-state index contributed by atoms with van der Waals surface area (Å²) in [7, 11) is 1.39. The number of hydrogen-bond acceptors (Lipinski definition) is 3. The van der Waals surface area contributed by atoms with Gasteiger partial charge in [0.25, 0.3) is 0 Å². The highest BCUT2D eigenvalue weighted by molar-refractivity contribution is 5.75. The quantitative estimate of drug-likeness (QED) is 0.542. The van der Waals surface area contributed by atoms with Crippen molar-refractivity contribution in [2.75, 3.05) is 25.1 Å². The molecule has 0 aliphatic carbocycles. The van der Waals surface area contributed by atoms with E-state index in [0.717, 1.165) is 5.69 Å². The Labute approximate surface area is 90.0 Å². The molecule has 0 bridgehead atoms. The number of rotatable bonds is 5. The fraction of sp³-hybridized carbons (Fsp3) is 0.250. The number of methoxy groups -OCH3 is 1. The van der Waals surface area contributed by atoms with Crippen LogP contribution in [0.2, 0.25) is 0 Å². The molecule has 1 rings (SSSR count). The van der Waals surface area contributed by atoms with Gasteiger partial charge >= 0.3 is 5.97 Å². The van der Waals surface area contributed by atoms with Crippen LogP contribution in [0.3, 0.4) is 0 Å². The smallest absolute Gasteiger partial charge is 0.325 e. The van der Waals surface area contributed by atoms with Gasteiger partial charge in [0.2, 0.25) is 0 Å². The van der Waals surface area contributed by atoms with Gasteiger partial charge in [-0.15, -0.1) is 6.58 Å². The van der Waals surface area contributed by atoms with Gasteiger partial charge in [0.1, 0.15) is 6.54 Å². The minimum atomic E-state index is -0.249. The maximum absolute atomic E-state index is 11.2. The van der Waals surface area contributed by atoms with Crippen LogP contribution in [-0.2, 0) is 9.53 Å². The first kappa shape index (κ1) is 11.3. The van der Waals surface area contributed by atoms with Crippen LogP contribution in [0.15, 0.2) is 43.0 Å². The Kier molecular flexibility index (Phi) is 4.41. The molecule has 0 amide bonds. The van der Waals surface area contributed by atoms with Gasteiger partial charge in [0.15, 0.2) is 0 Å². The van der Waals surface area contributed by atoms with Crippen LogP contribution in [0.1, 0.15) is 0 Å². The van der Waals surface area contributed by atoms with E-state index < -0.39 is 0 Å². The number of carbonyl (C=O) groups is 1. The van der Waals surface area contributed by atoms with E-state index in [-0.39, 0.29) is 12.5 Å². The Balaban J connectivity index is 2.74. The second-order valence-electron chi connectivity index (χ2n) is 3.08. The standard InChI is InChI=1S/C12H15NO2/c1-3-9-13(10-12(14)15-2)11-7-5-4-6-8-11/h3-8H,1,9-10H2,2H3. The van der Waals surface area contributed by atoms with Gasteiger partial charge in [0.05, 0.1) is 7.11 Å². The van der Waals surface area contributed by atoms with Crippen molar-refractivity contribution in [3.8, 4) is 0 Å². The third kappa shape index (κ3) is 3.46. The average Bonchev–Trinajstić information content (AvgIpc) is 2.29. The molecule has 0 spiro atoms. The molecule has 1 aromatic carbocycles. The first-order valence-corrected chi connectivity index (χ1v) is 4.75. The van der Waals surface area contributed by atoms with Crippen molar-refractivity contribution < 1.29 is 9.53 Å². The van der Waals surface area contributed by atoms with Crippen molar-refractivity contribution in [2.24, 2.45) is 0 Å². The van der Waals surface area contributed by atoms with E-state index in [1.54, 1.807) is 6.08 Å². The normalized spacial score (nSPS) is 9.40. The van der Waals surface area contributed by atoms with Gasteiger partial charge in [0, 0.05) is 12.2 Å². The first-order chi connectivity index (χ1) is 7.27. The van der Waals surface area contributed by atoms with E-state index in [4.69, 9.17) is 0 Å². The minimum absolute atomic E-state index is 0.243. The number of anilines is 1. The lowest BCUT2D eigenvalue weighted by atomic mass is 10.3. The molecule has 0 saturated heterocycles. The summed E-state index contributed by atoms with van der Waals surface area (Å²) in [6, 6.07) is 9.71. The summed E-state index contributed by atoms with van der Waals surface area (Å²) in [5, 5.41) is 0. The van der Waals surface area contributed by atoms with Crippen molar-refractivity contribution in [2.45, 2.75) is 0 Å². The number of esters is 1. The zero-order chi connectivity index (χ0) is 11.1. The molecule has 0 atom stereocenters. The Morgan fingerprint density at radius 2 is 2.13 bits per heavy atom. The van der Waals surface area contributed by atoms with E-state index in [9.17, 15) is 4.79 Å². The lowest BCUT2D eigenvalue weighted by Gasteiger charge is -2.21. The van der Waals surface area contributed by atoms with Crippen molar-refractivity contribution in [1.29, 1.82) is 0 Å². The molecule has 0 aliphatic rings. The molecule has 0 saturated carbocycles. The summed E-state index contributed by atoms with van der Waals surface area (Å²) < 4.78 is 4.63. The highest BCUT2D eigenvalue weighted by Gasteiger charge is 2.09. The highest BCUT2D eigenvalue weighted by Crippen LogP contribution is 2.12. The van der Waals surface area contributed by atoms with Crippen LogP contribution >= 0.6 is 0 Å². The molecular formula is C12H15NO2. The minimum Gasteiger partial charge on any atom is -0.468 e. The Bertz CT molecular complexity index is 322. The van der Waals surface area contributed by atoms with E-state index >= 15 is 0 Å². The number of benzene rings is 1. The van der Waals surface area contributed by atoms with Gasteiger partial charge in [-0.25, -0.2) is 0 Å². The second kappa shape index (κ2) is 5.86. The van der Waals surface area contributed by atoms with E-state index in [2.05, 4.69) is 11.3 Å². The third-order valence-corrected chi connectivity index (χ3v) is 2.02. The maximum atomic E-state index is 11.2. The first-order valence-electron chi connectivity index (χ1n) is 4.75. The zero-order valence-corrected chi connectivity index (χ0v) is 8.85. The van der Waals surface area contributed by atoms with E-state index in [1.807, 2.05) is 35.2 Å². The van der Waals surface area contributed by atoms with Crippen LogP contribution < -0.4 is 4.90 Å². The molecular weight excluding hydrogens is 190 g/mol. The number of nitrogens with zero attached hydrogens (tertiary/aromatic N) is 1. The predicted octanol–water partition coefficient (Wildman–Crippen LogP) is 1.85. The summed E-state index contributed by atoms with van der Waals surface area (Å²) in [6.45, 7) is 4.53. The summed E-state index contributed by atoms with van der Waals surface area (Å²) >= 11 is 0. The zero-order valence-electron chi connectivity index (χ0n) is 8.85. The summed E-state index contributed by atoms with van der Waals surface area (Å²) in [5.74, 6) is -0.249. The lowest BCUT2D eigenvalue weighted by molar-refractivity contribution is -0.138. The topological polar surface area (TPSA) is 29.5 Å². The molecule has 0 N–H and O–H groups in total. The molecule has 3 nitrogen and oxygen atoms in total. The molecule has 0 fully saturated rings. The Hall–Kier alpha value is -1.77. The average molecular weight is 205 g/mol. The summed E-state index contributed by atoms with van der Waals surface area (Å²) in [4.78, 5) is 13.1. The number of hydrogen-bond donors (Lipinski definition) is 0. The van der Waals surface area contributed by atoms with Gasteiger partial charge in [-0.2, -0.15) is 0 Å².